The van der Waals surface area contributed by atoms with Crippen molar-refractivity contribution in [2.45, 2.75) is 45.1 Å². The second-order valence-corrected chi connectivity index (χ2v) is 5.67. The maximum atomic E-state index is 11.3. The molecule has 0 spiro atoms. The van der Waals surface area contributed by atoms with Crippen molar-refractivity contribution in [3.63, 3.8) is 0 Å². The standard InChI is InChI=1S/C13H23NO2/c1-11-4-7-14(12(11)8-15)9-13(10-16)5-2-3-6-13/h10-12,15H,2-9H2,1H3. The number of hydrogen-bond donors (Lipinski definition) is 1. The van der Waals surface area contributed by atoms with Gasteiger partial charge in [-0.15, -0.1) is 0 Å². The van der Waals surface area contributed by atoms with E-state index in [0.717, 1.165) is 32.4 Å². The van der Waals surface area contributed by atoms with E-state index in [9.17, 15) is 9.90 Å². The third kappa shape index (κ3) is 2.16. The number of hydrogen-bond acceptors (Lipinski definition) is 3. The monoisotopic (exact) mass is 225 g/mol. The van der Waals surface area contributed by atoms with Crippen molar-refractivity contribution in [3.8, 4) is 0 Å². The summed E-state index contributed by atoms with van der Waals surface area (Å²) < 4.78 is 0. The summed E-state index contributed by atoms with van der Waals surface area (Å²) in [4.78, 5) is 13.6. The second-order valence-electron chi connectivity index (χ2n) is 5.67. The molecule has 2 unspecified atom stereocenters. The molecule has 2 fully saturated rings. The Hall–Kier alpha value is -0.410. The zero-order valence-corrected chi connectivity index (χ0v) is 10.2. The van der Waals surface area contributed by atoms with Gasteiger partial charge in [-0.2, -0.15) is 0 Å². The molecule has 0 aromatic carbocycles. The zero-order chi connectivity index (χ0) is 11.6. The molecule has 92 valence electrons. The zero-order valence-electron chi connectivity index (χ0n) is 10.2. The van der Waals surface area contributed by atoms with Crippen LogP contribution in [0.15, 0.2) is 0 Å². The van der Waals surface area contributed by atoms with Crippen LogP contribution in [0.4, 0.5) is 0 Å². The number of aliphatic hydroxyl groups is 1. The quantitative estimate of drug-likeness (QED) is 0.736. The van der Waals surface area contributed by atoms with E-state index in [2.05, 4.69) is 11.8 Å². The summed E-state index contributed by atoms with van der Waals surface area (Å²) in [5, 5.41) is 9.41. The molecule has 1 heterocycles. The molecule has 0 aromatic rings. The summed E-state index contributed by atoms with van der Waals surface area (Å²) in [7, 11) is 0. The molecule has 0 amide bonds. The van der Waals surface area contributed by atoms with Gasteiger partial charge in [0, 0.05) is 18.0 Å². The molecule has 0 aromatic heterocycles. The van der Waals surface area contributed by atoms with Crippen LogP contribution >= 0.6 is 0 Å². The van der Waals surface area contributed by atoms with Crippen LogP contribution in [0.25, 0.3) is 0 Å². The Morgan fingerprint density at radius 1 is 1.44 bits per heavy atom. The smallest absolute Gasteiger partial charge is 0.127 e. The fraction of sp³-hybridized carbons (Fsp3) is 0.923. The van der Waals surface area contributed by atoms with Gasteiger partial charge in [0.05, 0.1) is 6.61 Å². The Bertz CT molecular complexity index is 248. The maximum absolute atomic E-state index is 11.3. The second kappa shape index (κ2) is 4.84. The van der Waals surface area contributed by atoms with E-state index in [4.69, 9.17) is 0 Å². The molecule has 1 aliphatic heterocycles. The van der Waals surface area contributed by atoms with Gasteiger partial charge in [-0.05, 0) is 31.7 Å². The van der Waals surface area contributed by atoms with Crippen molar-refractivity contribution in [1.82, 2.24) is 4.90 Å². The summed E-state index contributed by atoms with van der Waals surface area (Å²) >= 11 is 0. The minimum Gasteiger partial charge on any atom is -0.395 e. The molecule has 1 saturated carbocycles. The van der Waals surface area contributed by atoms with Gasteiger partial charge in [0.2, 0.25) is 0 Å². The number of likely N-dealkylation sites (tertiary alicyclic amines) is 1. The molecule has 0 bridgehead atoms. The lowest BCUT2D eigenvalue weighted by Gasteiger charge is -2.32. The first-order valence-corrected chi connectivity index (χ1v) is 6.52. The highest BCUT2D eigenvalue weighted by Crippen LogP contribution is 2.38. The molecule has 3 nitrogen and oxygen atoms in total. The minimum atomic E-state index is -0.0997. The molecule has 2 atom stereocenters. The van der Waals surface area contributed by atoms with Crippen molar-refractivity contribution in [2.75, 3.05) is 19.7 Å². The average molecular weight is 225 g/mol. The third-order valence-electron chi connectivity index (χ3n) is 4.55. The van der Waals surface area contributed by atoms with Crippen molar-refractivity contribution in [3.05, 3.63) is 0 Å². The lowest BCUT2D eigenvalue weighted by molar-refractivity contribution is -0.117. The molecule has 2 rings (SSSR count). The van der Waals surface area contributed by atoms with Crippen molar-refractivity contribution in [2.24, 2.45) is 11.3 Å². The first kappa shape index (κ1) is 12.1. The third-order valence-corrected chi connectivity index (χ3v) is 4.55. The van der Waals surface area contributed by atoms with Gasteiger partial charge in [-0.25, -0.2) is 0 Å². The van der Waals surface area contributed by atoms with Crippen LogP contribution in [0.3, 0.4) is 0 Å². The fourth-order valence-electron chi connectivity index (χ4n) is 3.38. The van der Waals surface area contributed by atoms with Gasteiger partial charge in [-0.1, -0.05) is 19.8 Å². The van der Waals surface area contributed by atoms with Gasteiger partial charge >= 0.3 is 0 Å². The van der Waals surface area contributed by atoms with E-state index in [-0.39, 0.29) is 18.1 Å². The minimum absolute atomic E-state index is 0.0997. The van der Waals surface area contributed by atoms with E-state index in [1.165, 1.54) is 19.1 Å². The Labute approximate surface area is 97.8 Å². The molecule has 16 heavy (non-hydrogen) atoms. The van der Waals surface area contributed by atoms with Gasteiger partial charge in [0.15, 0.2) is 0 Å². The molecule has 1 aliphatic carbocycles. The van der Waals surface area contributed by atoms with Crippen LogP contribution in [-0.2, 0) is 4.79 Å². The van der Waals surface area contributed by atoms with Crippen molar-refractivity contribution in [1.29, 1.82) is 0 Å². The predicted octanol–water partition coefficient (Wildman–Crippen LogP) is 1.45. The Morgan fingerprint density at radius 3 is 2.69 bits per heavy atom. The highest BCUT2D eigenvalue weighted by molar-refractivity contribution is 5.60. The van der Waals surface area contributed by atoms with Crippen LogP contribution in [0.2, 0.25) is 0 Å². The van der Waals surface area contributed by atoms with Gasteiger partial charge in [0.1, 0.15) is 6.29 Å². The maximum Gasteiger partial charge on any atom is 0.127 e. The SMILES string of the molecule is CC1CCN(CC2(C=O)CCCC2)C1CO. The molecule has 0 radical (unpaired) electrons. The molecular formula is C13H23NO2. The number of nitrogens with zero attached hydrogens (tertiary/aromatic N) is 1. The van der Waals surface area contributed by atoms with Crippen molar-refractivity contribution >= 4 is 6.29 Å². The highest BCUT2D eigenvalue weighted by atomic mass is 16.3. The number of carbonyl (C=O) groups is 1. The summed E-state index contributed by atoms with van der Waals surface area (Å²) in [6, 6.07) is 0.275. The van der Waals surface area contributed by atoms with E-state index in [1.807, 2.05) is 0 Å². The van der Waals surface area contributed by atoms with Crippen LogP contribution in [0, 0.1) is 11.3 Å². The van der Waals surface area contributed by atoms with E-state index < -0.39 is 0 Å². The summed E-state index contributed by atoms with van der Waals surface area (Å²) in [6.45, 7) is 4.34. The van der Waals surface area contributed by atoms with Crippen LogP contribution < -0.4 is 0 Å². The first-order valence-electron chi connectivity index (χ1n) is 6.52. The lowest BCUT2D eigenvalue weighted by Crippen LogP contribution is -2.43. The van der Waals surface area contributed by atoms with Crippen LogP contribution in [-0.4, -0.2) is 42.0 Å². The van der Waals surface area contributed by atoms with Crippen LogP contribution in [0.5, 0.6) is 0 Å². The Morgan fingerprint density at radius 2 is 2.12 bits per heavy atom. The van der Waals surface area contributed by atoms with Gasteiger partial charge in [-0.3, -0.25) is 4.90 Å². The first-order chi connectivity index (χ1) is 7.71. The van der Waals surface area contributed by atoms with Gasteiger partial charge in [0.25, 0.3) is 0 Å². The summed E-state index contributed by atoms with van der Waals surface area (Å²) in [6.07, 6.45) is 6.79. The normalized spacial score (nSPS) is 34.4. The van der Waals surface area contributed by atoms with E-state index in [0.29, 0.717) is 5.92 Å². The number of aldehydes is 1. The molecule has 1 saturated heterocycles. The average Bonchev–Trinajstić information content (AvgIpc) is 2.88. The molecular weight excluding hydrogens is 202 g/mol. The molecule has 2 aliphatic rings. The van der Waals surface area contributed by atoms with Gasteiger partial charge < -0.3 is 9.90 Å². The molecule has 3 heteroatoms. The summed E-state index contributed by atoms with van der Waals surface area (Å²) in [5.74, 6) is 0.565. The van der Waals surface area contributed by atoms with E-state index >= 15 is 0 Å². The topological polar surface area (TPSA) is 40.5 Å². The largest absolute Gasteiger partial charge is 0.395 e. The Balaban J connectivity index is 2.00. The number of aliphatic hydroxyl groups excluding tert-OH is 1. The predicted molar refractivity (Wildman–Crippen MR) is 63.2 cm³/mol. The van der Waals surface area contributed by atoms with E-state index in [1.54, 1.807) is 0 Å². The number of carbonyl (C=O) groups excluding carboxylic acids is 1. The van der Waals surface area contributed by atoms with Crippen LogP contribution in [0.1, 0.15) is 39.0 Å². The Kier molecular flexibility index (Phi) is 3.65. The highest BCUT2D eigenvalue weighted by Gasteiger charge is 2.39. The fourth-order valence-corrected chi connectivity index (χ4v) is 3.38. The van der Waals surface area contributed by atoms with Crippen molar-refractivity contribution < 1.29 is 9.90 Å². The summed E-state index contributed by atoms with van der Waals surface area (Å²) in [5.41, 5.74) is -0.0997. The lowest BCUT2D eigenvalue weighted by atomic mass is 9.87. The molecule has 1 N–H and O–H groups in total. The number of rotatable bonds is 4.